The van der Waals surface area contributed by atoms with Crippen LogP contribution in [-0.2, 0) is 0 Å². The van der Waals surface area contributed by atoms with Crippen LogP contribution in [0, 0.1) is 0 Å². The van der Waals surface area contributed by atoms with Gasteiger partial charge in [-0.2, -0.15) is 10.1 Å². The Morgan fingerprint density at radius 3 is 2.90 bits per heavy atom. The van der Waals surface area contributed by atoms with Crippen molar-refractivity contribution in [3.63, 3.8) is 0 Å². The zero-order valence-electron chi connectivity index (χ0n) is 11.1. The molecule has 0 fully saturated rings. The molecule has 0 aliphatic carbocycles. The minimum absolute atomic E-state index is 0.173. The van der Waals surface area contributed by atoms with Gasteiger partial charge in [-0.25, -0.2) is 9.67 Å². The molecular weight excluding hydrogens is 258 g/mol. The molecular formula is C13H13N5O2. The Bertz CT molecular complexity index is 692. The van der Waals surface area contributed by atoms with E-state index in [0.717, 1.165) is 5.56 Å². The summed E-state index contributed by atoms with van der Waals surface area (Å²) in [6.45, 7) is 1.91. The molecule has 3 aromatic rings. The Balaban J connectivity index is 1.94. The second-order valence-corrected chi connectivity index (χ2v) is 4.21. The highest BCUT2D eigenvalue weighted by atomic mass is 16.5. The van der Waals surface area contributed by atoms with E-state index in [1.54, 1.807) is 18.1 Å². The van der Waals surface area contributed by atoms with Gasteiger partial charge in [0.2, 0.25) is 5.82 Å². The summed E-state index contributed by atoms with van der Waals surface area (Å²) in [6.07, 6.45) is 3.08. The van der Waals surface area contributed by atoms with Crippen molar-refractivity contribution in [2.75, 3.05) is 7.11 Å². The number of nitrogens with zero attached hydrogens (tertiary/aromatic N) is 5. The predicted molar refractivity (Wildman–Crippen MR) is 70.1 cm³/mol. The van der Waals surface area contributed by atoms with E-state index < -0.39 is 0 Å². The molecule has 1 atom stereocenters. The van der Waals surface area contributed by atoms with E-state index in [1.807, 2.05) is 31.2 Å². The summed E-state index contributed by atoms with van der Waals surface area (Å²) in [5.41, 5.74) is 0.788. The number of methoxy groups -OCH3 is 1. The van der Waals surface area contributed by atoms with E-state index >= 15 is 0 Å². The summed E-state index contributed by atoms with van der Waals surface area (Å²) in [6, 6.07) is 7.35. The van der Waals surface area contributed by atoms with Crippen LogP contribution in [0.4, 0.5) is 0 Å². The number of benzene rings is 1. The highest BCUT2D eigenvalue weighted by molar-refractivity contribution is 5.63. The van der Waals surface area contributed by atoms with E-state index in [-0.39, 0.29) is 6.04 Å². The van der Waals surface area contributed by atoms with Crippen LogP contribution in [-0.4, -0.2) is 32.0 Å². The molecule has 0 N–H and O–H groups in total. The maximum Gasteiger partial charge on any atom is 0.251 e. The van der Waals surface area contributed by atoms with Crippen LogP contribution in [0.1, 0.15) is 18.9 Å². The first-order valence-corrected chi connectivity index (χ1v) is 6.10. The van der Waals surface area contributed by atoms with Gasteiger partial charge in [-0.05, 0) is 19.1 Å². The van der Waals surface area contributed by atoms with Crippen molar-refractivity contribution in [2.24, 2.45) is 0 Å². The number of rotatable bonds is 4. The van der Waals surface area contributed by atoms with Crippen molar-refractivity contribution in [1.29, 1.82) is 0 Å². The third-order valence-corrected chi connectivity index (χ3v) is 2.98. The van der Waals surface area contributed by atoms with E-state index in [2.05, 4.69) is 20.2 Å². The largest absolute Gasteiger partial charge is 0.496 e. The SMILES string of the molecule is COc1ccccc1-c1noc(C(C)n2cncn2)n1. The van der Waals surface area contributed by atoms with Gasteiger partial charge in [0.1, 0.15) is 24.4 Å². The molecule has 7 heteroatoms. The van der Waals surface area contributed by atoms with Gasteiger partial charge in [-0.15, -0.1) is 0 Å². The second-order valence-electron chi connectivity index (χ2n) is 4.21. The molecule has 0 spiro atoms. The molecule has 3 rings (SSSR count). The van der Waals surface area contributed by atoms with Crippen molar-refractivity contribution in [2.45, 2.75) is 13.0 Å². The van der Waals surface area contributed by atoms with Gasteiger partial charge in [-0.1, -0.05) is 17.3 Å². The molecule has 0 saturated carbocycles. The first kappa shape index (κ1) is 12.3. The summed E-state index contributed by atoms with van der Waals surface area (Å²) in [4.78, 5) is 8.30. The normalized spacial score (nSPS) is 12.3. The zero-order chi connectivity index (χ0) is 13.9. The van der Waals surface area contributed by atoms with E-state index in [4.69, 9.17) is 9.26 Å². The lowest BCUT2D eigenvalue weighted by molar-refractivity contribution is 0.336. The molecule has 1 aromatic carbocycles. The molecule has 2 heterocycles. The fourth-order valence-corrected chi connectivity index (χ4v) is 1.87. The predicted octanol–water partition coefficient (Wildman–Crippen LogP) is 1.95. The van der Waals surface area contributed by atoms with Gasteiger partial charge in [-0.3, -0.25) is 0 Å². The van der Waals surface area contributed by atoms with Crippen LogP contribution in [0.5, 0.6) is 5.75 Å². The van der Waals surface area contributed by atoms with Crippen LogP contribution in [0.2, 0.25) is 0 Å². The summed E-state index contributed by atoms with van der Waals surface area (Å²) >= 11 is 0. The Kier molecular flexibility index (Phi) is 3.16. The van der Waals surface area contributed by atoms with Gasteiger partial charge >= 0.3 is 0 Å². The summed E-state index contributed by atoms with van der Waals surface area (Å²) in [5.74, 6) is 1.66. The van der Waals surface area contributed by atoms with Crippen molar-refractivity contribution < 1.29 is 9.26 Å². The van der Waals surface area contributed by atoms with Crippen LogP contribution in [0.3, 0.4) is 0 Å². The molecule has 2 aromatic heterocycles. The van der Waals surface area contributed by atoms with Crippen molar-refractivity contribution in [3.05, 3.63) is 42.8 Å². The lowest BCUT2D eigenvalue weighted by Gasteiger charge is -2.05. The standard InChI is InChI=1S/C13H13N5O2/c1-9(18-8-14-7-15-18)13-16-12(17-20-13)10-5-3-4-6-11(10)19-2/h3-9H,1-2H3. The minimum atomic E-state index is -0.173. The molecule has 7 nitrogen and oxygen atoms in total. The Morgan fingerprint density at radius 2 is 2.15 bits per heavy atom. The maximum atomic E-state index is 5.30. The third kappa shape index (κ3) is 2.13. The van der Waals surface area contributed by atoms with E-state index in [0.29, 0.717) is 17.5 Å². The number of para-hydroxylation sites is 1. The molecule has 102 valence electrons. The maximum absolute atomic E-state index is 5.30. The average Bonchev–Trinajstić information content (AvgIpc) is 3.18. The number of hydrogen-bond donors (Lipinski definition) is 0. The van der Waals surface area contributed by atoms with Crippen LogP contribution < -0.4 is 4.74 Å². The molecule has 0 aliphatic heterocycles. The second kappa shape index (κ2) is 5.12. The van der Waals surface area contributed by atoms with E-state index in [1.165, 1.54) is 6.33 Å². The first-order chi connectivity index (χ1) is 9.79. The number of ether oxygens (including phenoxy) is 1. The van der Waals surface area contributed by atoms with Crippen LogP contribution >= 0.6 is 0 Å². The van der Waals surface area contributed by atoms with Crippen molar-refractivity contribution >= 4 is 0 Å². The van der Waals surface area contributed by atoms with Crippen LogP contribution in [0.15, 0.2) is 41.4 Å². The minimum Gasteiger partial charge on any atom is -0.496 e. The van der Waals surface area contributed by atoms with Crippen molar-refractivity contribution in [1.82, 2.24) is 24.9 Å². The fourth-order valence-electron chi connectivity index (χ4n) is 1.87. The smallest absolute Gasteiger partial charge is 0.251 e. The first-order valence-electron chi connectivity index (χ1n) is 6.10. The fraction of sp³-hybridized carbons (Fsp3) is 0.231. The quantitative estimate of drug-likeness (QED) is 0.721. The van der Waals surface area contributed by atoms with Gasteiger partial charge < -0.3 is 9.26 Å². The van der Waals surface area contributed by atoms with Crippen molar-refractivity contribution in [3.8, 4) is 17.1 Å². The van der Waals surface area contributed by atoms with E-state index in [9.17, 15) is 0 Å². The molecule has 0 amide bonds. The molecule has 0 radical (unpaired) electrons. The summed E-state index contributed by atoms with van der Waals surface area (Å²) in [7, 11) is 1.61. The lowest BCUT2D eigenvalue weighted by atomic mass is 10.2. The zero-order valence-corrected chi connectivity index (χ0v) is 11.1. The van der Waals surface area contributed by atoms with Gasteiger partial charge in [0.15, 0.2) is 0 Å². The number of aromatic nitrogens is 5. The van der Waals surface area contributed by atoms with Gasteiger partial charge in [0, 0.05) is 0 Å². The third-order valence-electron chi connectivity index (χ3n) is 2.98. The average molecular weight is 271 g/mol. The summed E-state index contributed by atoms with van der Waals surface area (Å²) in [5, 5.41) is 8.06. The molecule has 0 bridgehead atoms. The highest BCUT2D eigenvalue weighted by Crippen LogP contribution is 2.28. The summed E-state index contributed by atoms with van der Waals surface area (Å²) < 4.78 is 12.2. The van der Waals surface area contributed by atoms with Gasteiger partial charge in [0.05, 0.1) is 12.7 Å². The van der Waals surface area contributed by atoms with Gasteiger partial charge in [0.25, 0.3) is 5.89 Å². The Labute approximate surface area is 115 Å². The molecule has 0 saturated heterocycles. The Hall–Kier alpha value is -2.70. The Morgan fingerprint density at radius 1 is 1.30 bits per heavy atom. The number of hydrogen-bond acceptors (Lipinski definition) is 6. The molecule has 1 unspecified atom stereocenters. The lowest BCUT2D eigenvalue weighted by Crippen LogP contribution is -2.07. The molecule has 20 heavy (non-hydrogen) atoms. The topological polar surface area (TPSA) is 78.9 Å². The van der Waals surface area contributed by atoms with Crippen LogP contribution in [0.25, 0.3) is 11.4 Å². The monoisotopic (exact) mass is 271 g/mol. The molecule has 0 aliphatic rings. The highest BCUT2D eigenvalue weighted by Gasteiger charge is 2.18.